The van der Waals surface area contributed by atoms with Crippen LogP contribution in [0.3, 0.4) is 0 Å². The third-order valence-electron chi connectivity index (χ3n) is 5.92. The normalized spacial score (nSPS) is 16.7. The van der Waals surface area contributed by atoms with E-state index in [0.29, 0.717) is 19.3 Å². The fraction of sp³-hybridized carbons (Fsp3) is 0.788. The Balaban J connectivity index is 3.09. The minimum absolute atomic E-state index is 0.0389. The Morgan fingerprint density at radius 3 is 1.29 bits per heavy atom. The molecule has 0 spiro atoms. The predicted molar refractivity (Wildman–Crippen MR) is 183 cm³/mol. The van der Waals surface area contributed by atoms with Crippen molar-refractivity contribution in [1.29, 1.82) is 0 Å². The second-order valence-corrected chi connectivity index (χ2v) is 16.3. The lowest BCUT2D eigenvalue weighted by Crippen LogP contribution is -2.48. The van der Waals surface area contributed by atoms with Crippen molar-refractivity contribution < 1.29 is 47.7 Å². The first-order chi connectivity index (χ1) is 22.0. The Morgan fingerprint density at radius 2 is 0.918 bits per heavy atom. The topological polar surface area (TPSA) is 204 Å². The summed E-state index contributed by atoms with van der Waals surface area (Å²) in [4.78, 5) is 72.1. The van der Waals surface area contributed by atoms with E-state index in [1.807, 2.05) is 0 Å². The fourth-order valence-electron chi connectivity index (χ4n) is 4.18. The molecule has 1 saturated carbocycles. The maximum Gasteiger partial charge on any atom is 0.414 e. The van der Waals surface area contributed by atoms with Crippen molar-refractivity contribution in [3.63, 3.8) is 0 Å². The molecule has 0 aromatic carbocycles. The van der Waals surface area contributed by atoms with Crippen molar-refractivity contribution >= 4 is 42.3 Å². The summed E-state index contributed by atoms with van der Waals surface area (Å²) in [7, 11) is 0. The zero-order valence-corrected chi connectivity index (χ0v) is 31.7. The van der Waals surface area contributed by atoms with Gasteiger partial charge in [-0.15, -0.1) is 0 Å². The van der Waals surface area contributed by atoms with Crippen LogP contribution in [-0.2, 0) is 28.5 Å². The molecule has 280 valence electrons. The van der Waals surface area contributed by atoms with Gasteiger partial charge >= 0.3 is 30.3 Å². The van der Waals surface area contributed by atoms with Gasteiger partial charge in [-0.25, -0.2) is 24.2 Å². The molecular weight excluding hydrogens is 640 g/mol. The second-order valence-electron chi connectivity index (χ2n) is 16.3. The highest BCUT2D eigenvalue weighted by Crippen LogP contribution is 2.31. The molecule has 0 aromatic rings. The van der Waals surface area contributed by atoms with E-state index in [0.717, 1.165) is 0 Å². The van der Waals surface area contributed by atoms with E-state index in [9.17, 15) is 24.0 Å². The number of aliphatic imine (C=N–C) groups is 2. The molecule has 0 radical (unpaired) electrons. The molecule has 4 amide bonds. The molecular formula is C33H58N6O10. The quantitative estimate of drug-likeness (QED) is 0.116. The van der Waals surface area contributed by atoms with Crippen molar-refractivity contribution in [3.05, 3.63) is 0 Å². The Morgan fingerprint density at radius 1 is 0.551 bits per heavy atom. The molecule has 16 nitrogen and oxygen atoms in total. The first-order valence-electron chi connectivity index (χ1n) is 16.4. The molecule has 0 heterocycles. The van der Waals surface area contributed by atoms with Crippen LogP contribution in [-0.4, -0.2) is 82.9 Å². The summed E-state index contributed by atoms with van der Waals surface area (Å²) in [6.07, 6.45) is -1.52. The second kappa shape index (κ2) is 17.0. The van der Waals surface area contributed by atoms with E-state index in [1.54, 1.807) is 96.9 Å². The third-order valence-corrected chi connectivity index (χ3v) is 5.92. The van der Waals surface area contributed by atoms with E-state index in [1.165, 1.54) is 0 Å². The smallest absolute Gasteiger partial charge is 0.414 e. The Labute approximate surface area is 290 Å². The SMILES string of the molecule is CC(C)(C)OC(=O)NC(=NCCC(C)(C)OC(=O)C1CCCC1N=C(NC(=O)OC(C)(C)C)NC(=O)OC(C)(C)C)NC(=O)OC(C)(C)C. The molecule has 0 aromatic heterocycles. The lowest BCUT2D eigenvalue weighted by Gasteiger charge is -2.27. The minimum atomic E-state index is -1.02. The summed E-state index contributed by atoms with van der Waals surface area (Å²) in [6, 6.07) is -0.621. The number of carbonyl (C=O) groups is 5. The number of carbonyl (C=O) groups excluding carboxylic acids is 5. The number of hydrogen-bond donors (Lipinski definition) is 4. The van der Waals surface area contributed by atoms with Crippen LogP contribution in [0.2, 0.25) is 0 Å². The van der Waals surface area contributed by atoms with Crippen LogP contribution >= 0.6 is 0 Å². The summed E-state index contributed by atoms with van der Waals surface area (Å²) in [5.41, 5.74) is -4.23. The van der Waals surface area contributed by atoms with Gasteiger partial charge in [0, 0.05) is 13.0 Å². The van der Waals surface area contributed by atoms with E-state index in [-0.39, 0.29) is 24.9 Å². The summed E-state index contributed by atoms with van der Waals surface area (Å²) >= 11 is 0. The zero-order chi connectivity index (χ0) is 38.0. The largest absolute Gasteiger partial charge is 0.459 e. The van der Waals surface area contributed by atoms with Crippen LogP contribution in [0.25, 0.3) is 0 Å². The van der Waals surface area contributed by atoms with Gasteiger partial charge in [-0.1, -0.05) is 6.42 Å². The molecule has 1 aliphatic carbocycles. The third kappa shape index (κ3) is 20.1. The number of nitrogens with zero attached hydrogens (tertiary/aromatic N) is 2. The molecule has 0 saturated heterocycles. The predicted octanol–water partition coefficient (Wildman–Crippen LogP) is 5.68. The van der Waals surface area contributed by atoms with Crippen LogP contribution in [0.15, 0.2) is 9.98 Å². The van der Waals surface area contributed by atoms with E-state index >= 15 is 0 Å². The van der Waals surface area contributed by atoms with Gasteiger partial charge in [0.2, 0.25) is 11.9 Å². The fourth-order valence-corrected chi connectivity index (χ4v) is 4.18. The van der Waals surface area contributed by atoms with Gasteiger partial charge in [0.1, 0.15) is 28.0 Å². The van der Waals surface area contributed by atoms with E-state index < -0.39 is 70.3 Å². The summed E-state index contributed by atoms with van der Waals surface area (Å²) in [5, 5.41) is 9.72. The number of alkyl carbamates (subject to hydrolysis) is 4. The number of nitrogens with one attached hydrogen (secondary N) is 4. The molecule has 1 aliphatic rings. The highest BCUT2D eigenvalue weighted by Gasteiger charge is 2.38. The number of esters is 1. The summed E-state index contributed by atoms with van der Waals surface area (Å²) in [5.74, 6) is -1.60. The highest BCUT2D eigenvalue weighted by atomic mass is 16.6. The molecule has 49 heavy (non-hydrogen) atoms. The molecule has 0 aliphatic heterocycles. The lowest BCUT2D eigenvalue weighted by molar-refractivity contribution is -0.162. The number of amides is 4. The summed E-state index contributed by atoms with van der Waals surface area (Å²) in [6.45, 7) is 23.7. The molecule has 1 rings (SSSR count). The Bertz CT molecular complexity index is 1190. The van der Waals surface area contributed by atoms with Gasteiger partial charge < -0.3 is 23.7 Å². The minimum Gasteiger partial charge on any atom is -0.459 e. The molecule has 4 N–H and O–H groups in total. The maximum atomic E-state index is 13.4. The van der Waals surface area contributed by atoms with Gasteiger partial charge in [-0.3, -0.25) is 31.1 Å². The van der Waals surface area contributed by atoms with Crippen molar-refractivity contribution in [2.75, 3.05) is 6.54 Å². The van der Waals surface area contributed by atoms with Gasteiger partial charge in [0.25, 0.3) is 0 Å². The Hall–Kier alpha value is -4.11. The monoisotopic (exact) mass is 698 g/mol. The van der Waals surface area contributed by atoms with Crippen molar-refractivity contribution in [3.8, 4) is 0 Å². The van der Waals surface area contributed by atoms with Gasteiger partial charge in [-0.05, 0) is 110 Å². The first kappa shape index (κ1) is 42.9. The van der Waals surface area contributed by atoms with E-state index in [4.69, 9.17) is 23.7 Å². The van der Waals surface area contributed by atoms with Gasteiger partial charge in [0.15, 0.2) is 0 Å². The average molecular weight is 699 g/mol. The van der Waals surface area contributed by atoms with Crippen LogP contribution < -0.4 is 21.3 Å². The molecule has 0 bridgehead atoms. The van der Waals surface area contributed by atoms with Crippen LogP contribution in [0, 0.1) is 5.92 Å². The number of hydrogen-bond acceptors (Lipinski definition) is 12. The summed E-state index contributed by atoms with van der Waals surface area (Å²) < 4.78 is 27.0. The maximum absolute atomic E-state index is 13.4. The van der Waals surface area contributed by atoms with Crippen molar-refractivity contribution in [1.82, 2.24) is 21.3 Å². The van der Waals surface area contributed by atoms with Crippen LogP contribution in [0.4, 0.5) is 19.2 Å². The van der Waals surface area contributed by atoms with Gasteiger partial charge in [0.05, 0.1) is 12.0 Å². The standard InChI is InChI=1S/C33H58N6O10/c1-29(2,3)46-25(41)36-23(37-26(42)47-30(4,5)6)34-19-18-33(13,14)45-22(40)20-16-15-17-21(20)35-24(38-27(43)48-31(7,8)9)39-28(44)49-32(10,11)12/h20-21H,15-19H2,1-14H3,(H2,34,36,37,41,42)(H2,35,38,39,43,44). The molecule has 16 heteroatoms. The van der Waals surface area contributed by atoms with Crippen LogP contribution in [0.5, 0.6) is 0 Å². The molecule has 1 fully saturated rings. The Kier molecular flexibility index (Phi) is 14.9. The first-order valence-corrected chi connectivity index (χ1v) is 16.4. The lowest BCUT2D eigenvalue weighted by atomic mass is 10.0. The van der Waals surface area contributed by atoms with Crippen LogP contribution in [0.1, 0.15) is 123 Å². The molecule has 2 unspecified atom stereocenters. The number of rotatable bonds is 6. The van der Waals surface area contributed by atoms with Crippen molar-refractivity contribution in [2.45, 2.75) is 157 Å². The number of guanidine groups is 2. The van der Waals surface area contributed by atoms with Gasteiger partial charge in [-0.2, -0.15) is 0 Å². The van der Waals surface area contributed by atoms with Crippen molar-refractivity contribution in [2.24, 2.45) is 15.9 Å². The number of ether oxygens (including phenoxy) is 5. The molecule has 2 atom stereocenters. The highest BCUT2D eigenvalue weighted by molar-refractivity contribution is 6.02. The van der Waals surface area contributed by atoms with E-state index in [2.05, 4.69) is 31.3 Å². The average Bonchev–Trinajstić information content (AvgIpc) is 3.26. The zero-order valence-electron chi connectivity index (χ0n) is 31.7.